The summed E-state index contributed by atoms with van der Waals surface area (Å²) in [5.74, 6) is 0.218. The number of hydrogen-bond donors (Lipinski definition) is 2. The van der Waals surface area contributed by atoms with E-state index in [4.69, 9.17) is 0 Å². The molecule has 0 radical (unpaired) electrons. The van der Waals surface area contributed by atoms with Gasteiger partial charge in [0.05, 0.1) is 0 Å². The van der Waals surface area contributed by atoms with Crippen molar-refractivity contribution in [3.05, 3.63) is 52.2 Å². The van der Waals surface area contributed by atoms with Gasteiger partial charge in [0.1, 0.15) is 0 Å². The maximum absolute atomic E-state index is 11.8. The molecular weight excluding hydrogens is 296 g/mol. The fourth-order valence-electron chi connectivity index (χ4n) is 1.96. The largest absolute Gasteiger partial charge is 0.351 e. The number of benzene rings is 1. The lowest BCUT2D eigenvalue weighted by molar-refractivity contribution is -0.116. The second kappa shape index (κ2) is 7.75. The van der Waals surface area contributed by atoms with E-state index in [1.54, 1.807) is 11.4 Å². The van der Waals surface area contributed by atoms with Crippen molar-refractivity contribution in [3.8, 4) is 0 Å². The number of carbonyl (C=O) groups excluding carboxylic acids is 2. The number of thiophene rings is 1. The van der Waals surface area contributed by atoms with Gasteiger partial charge in [-0.25, -0.2) is 0 Å². The van der Waals surface area contributed by atoms with E-state index in [1.165, 1.54) is 16.9 Å². The lowest BCUT2D eigenvalue weighted by Crippen LogP contribution is -2.27. The monoisotopic (exact) mass is 316 g/mol. The van der Waals surface area contributed by atoms with Gasteiger partial charge in [0, 0.05) is 29.6 Å². The van der Waals surface area contributed by atoms with Gasteiger partial charge in [-0.15, -0.1) is 0 Å². The average Bonchev–Trinajstić information content (AvgIpc) is 3.02. The quantitative estimate of drug-likeness (QED) is 0.855. The number of nitrogens with one attached hydrogen (secondary N) is 2. The van der Waals surface area contributed by atoms with Crippen molar-refractivity contribution in [2.24, 2.45) is 0 Å². The molecule has 2 rings (SSSR count). The van der Waals surface area contributed by atoms with Gasteiger partial charge in [0.2, 0.25) is 5.91 Å². The van der Waals surface area contributed by atoms with Crippen LogP contribution in [-0.2, 0) is 4.79 Å². The summed E-state index contributed by atoms with van der Waals surface area (Å²) < 4.78 is 0. The number of amides is 2. The van der Waals surface area contributed by atoms with Gasteiger partial charge in [-0.2, -0.15) is 11.3 Å². The Morgan fingerprint density at radius 3 is 2.45 bits per heavy atom. The number of carbonyl (C=O) groups is 2. The van der Waals surface area contributed by atoms with E-state index in [-0.39, 0.29) is 18.2 Å². The van der Waals surface area contributed by atoms with Crippen LogP contribution in [0.15, 0.2) is 41.1 Å². The van der Waals surface area contributed by atoms with E-state index >= 15 is 0 Å². The van der Waals surface area contributed by atoms with Crippen LogP contribution >= 0.6 is 11.3 Å². The topological polar surface area (TPSA) is 58.2 Å². The predicted octanol–water partition coefficient (Wildman–Crippen LogP) is 3.63. The molecule has 116 valence electrons. The third kappa shape index (κ3) is 4.70. The second-order valence-electron chi connectivity index (χ2n) is 5.34. The van der Waals surface area contributed by atoms with E-state index in [0.29, 0.717) is 18.0 Å². The summed E-state index contributed by atoms with van der Waals surface area (Å²) in [6, 6.07) is 9.59. The summed E-state index contributed by atoms with van der Waals surface area (Å²) in [7, 11) is 0. The summed E-state index contributed by atoms with van der Waals surface area (Å²) in [4.78, 5) is 23.5. The van der Waals surface area contributed by atoms with Crippen molar-refractivity contribution in [1.29, 1.82) is 0 Å². The molecule has 1 heterocycles. The first-order chi connectivity index (χ1) is 10.6. The van der Waals surface area contributed by atoms with Crippen LogP contribution in [-0.4, -0.2) is 18.4 Å². The molecular formula is C17H20N2O2S. The van der Waals surface area contributed by atoms with Crippen molar-refractivity contribution in [2.75, 3.05) is 11.9 Å². The van der Waals surface area contributed by atoms with Gasteiger partial charge < -0.3 is 10.6 Å². The minimum atomic E-state index is -0.143. The molecule has 0 fully saturated rings. The van der Waals surface area contributed by atoms with Crippen LogP contribution in [0.3, 0.4) is 0 Å². The lowest BCUT2D eigenvalue weighted by atomic mass is 10.0. The minimum absolute atomic E-state index is 0.108. The standard InChI is InChI=1S/C17H20N2O2S/c1-12(2)13-3-5-15(6-4-13)19-16(20)7-9-18-17(21)14-8-10-22-11-14/h3-6,8,10-12H,7,9H2,1-2H3,(H,18,21)(H,19,20). The molecule has 0 unspecified atom stereocenters. The number of anilines is 1. The molecule has 0 aliphatic carbocycles. The Morgan fingerprint density at radius 2 is 1.86 bits per heavy atom. The van der Waals surface area contributed by atoms with Crippen molar-refractivity contribution < 1.29 is 9.59 Å². The van der Waals surface area contributed by atoms with Gasteiger partial charge in [0.25, 0.3) is 5.91 Å². The molecule has 4 nitrogen and oxygen atoms in total. The van der Waals surface area contributed by atoms with Crippen LogP contribution in [0.4, 0.5) is 5.69 Å². The maximum atomic E-state index is 11.8. The molecule has 0 atom stereocenters. The molecule has 2 aromatic rings. The van der Waals surface area contributed by atoms with Crippen molar-refractivity contribution in [1.82, 2.24) is 5.32 Å². The molecule has 1 aromatic heterocycles. The molecule has 0 bridgehead atoms. The van der Waals surface area contributed by atoms with Crippen LogP contribution < -0.4 is 10.6 Å². The fourth-order valence-corrected chi connectivity index (χ4v) is 2.60. The highest BCUT2D eigenvalue weighted by atomic mass is 32.1. The van der Waals surface area contributed by atoms with E-state index < -0.39 is 0 Å². The molecule has 22 heavy (non-hydrogen) atoms. The maximum Gasteiger partial charge on any atom is 0.252 e. The Bertz CT molecular complexity index is 619. The zero-order chi connectivity index (χ0) is 15.9. The third-order valence-electron chi connectivity index (χ3n) is 3.28. The highest BCUT2D eigenvalue weighted by Crippen LogP contribution is 2.17. The Hall–Kier alpha value is -2.14. The molecule has 0 saturated carbocycles. The zero-order valence-electron chi connectivity index (χ0n) is 12.8. The molecule has 2 N–H and O–H groups in total. The van der Waals surface area contributed by atoms with Gasteiger partial charge >= 0.3 is 0 Å². The highest BCUT2D eigenvalue weighted by molar-refractivity contribution is 7.08. The molecule has 0 saturated heterocycles. The Balaban J connectivity index is 1.75. The molecule has 2 amide bonds. The predicted molar refractivity (Wildman–Crippen MR) is 90.4 cm³/mol. The first-order valence-corrected chi connectivity index (χ1v) is 8.20. The van der Waals surface area contributed by atoms with E-state index in [9.17, 15) is 9.59 Å². The van der Waals surface area contributed by atoms with Gasteiger partial charge in [-0.1, -0.05) is 26.0 Å². The Kier molecular flexibility index (Phi) is 5.72. The first kappa shape index (κ1) is 16.2. The highest BCUT2D eigenvalue weighted by Gasteiger charge is 2.07. The molecule has 1 aromatic carbocycles. The number of hydrogen-bond acceptors (Lipinski definition) is 3. The van der Waals surface area contributed by atoms with Gasteiger partial charge in [0.15, 0.2) is 0 Å². The summed E-state index contributed by atoms with van der Waals surface area (Å²) in [5.41, 5.74) is 2.65. The van der Waals surface area contributed by atoms with Gasteiger partial charge in [-0.05, 0) is 35.1 Å². The molecule has 0 aliphatic rings. The van der Waals surface area contributed by atoms with Crippen LogP contribution in [0, 0.1) is 0 Å². The number of rotatable bonds is 6. The van der Waals surface area contributed by atoms with Gasteiger partial charge in [-0.3, -0.25) is 9.59 Å². The zero-order valence-corrected chi connectivity index (χ0v) is 13.6. The molecule has 0 spiro atoms. The van der Waals surface area contributed by atoms with E-state index in [2.05, 4.69) is 24.5 Å². The van der Waals surface area contributed by atoms with Crippen molar-refractivity contribution in [2.45, 2.75) is 26.2 Å². The van der Waals surface area contributed by atoms with Crippen LogP contribution in [0.25, 0.3) is 0 Å². The summed E-state index contributed by atoms with van der Waals surface area (Å²) in [6.45, 7) is 4.58. The molecule has 5 heteroatoms. The smallest absolute Gasteiger partial charge is 0.252 e. The lowest BCUT2D eigenvalue weighted by Gasteiger charge is -2.09. The fraction of sp³-hybridized carbons (Fsp3) is 0.294. The summed E-state index contributed by atoms with van der Waals surface area (Å²) in [6.07, 6.45) is 0.252. The van der Waals surface area contributed by atoms with E-state index in [1.807, 2.05) is 29.6 Å². The Morgan fingerprint density at radius 1 is 1.14 bits per heavy atom. The van der Waals surface area contributed by atoms with Crippen molar-refractivity contribution in [3.63, 3.8) is 0 Å². The average molecular weight is 316 g/mol. The SMILES string of the molecule is CC(C)c1ccc(NC(=O)CCNC(=O)c2ccsc2)cc1. The van der Waals surface area contributed by atoms with Crippen LogP contribution in [0.1, 0.15) is 42.1 Å². The molecule has 0 aliphatic heterocycles. The second-order valence-corrected chi connectivity index (χ2v) is 6.12. The van der Waals surface area contributed by atoms with Crippen LogP contribution in [0.2, 0.25) is 0 Å². The third-order valence-corrected chi connectivity index (χ3v) is 3.97. The van der Waals surface area contributed by atoms with E-state index in [0.717, 1.165) is 5.69 Å². The Labute approximate surface area is 134 Å². The normalized spacial score (nSPS) is 10.5. The summed E-state index contributed by atoms with van der Waals surface area (Å²) >= 11 is 1.47. The van der Waals surface area contributed by atoms with Crippen molar-refractivity contribution >= 4 is 28.8 Å². The minimum Gasteiger partial charge on any atom is -0.351 e. The van der Waals surface area contributed by atoms with Crippen LogP contribution in [0.5, 0.6) is 0 Å². The summed E-state index contributed by atoms with van der Waals surface area (Å²) in [5, 5.41) is 9.19. The first-order valence-electron chi connectivity index (χ1n) is 7.26.